The van der Waals surface area contributed by atoms with Gasteiger partial charge < -0.3 is 15.0 Å². The molecule has 0 aliphatic rings. The summed E-state index contributed by atoms with van der Waals surface area (Å²) in [6.45, 7) is 5.79. The molecule has 0 fully saturated rings. The van der Waals surface area contributed by atoms with Crippen LogP contribution in [-0.4, -0.2) is 57.1 Å². The van der Waals surface area contributed by atoms with E-state index in [2.05, 4.69) is 21.2 Å². The van der Waals surface area contributed by atoms with E-state index in [1.54, 1.807) is 50.2 Å². The molecule has 0 bridgehead atoms. The highest BCUT2D eigenvalue weighted by molar-refractivity contribution is 9.10. The third kappa shape index (κ3) is 8.02. The van der Waals surface area contributed by atoms with E-state index in [-0.39, 0.29) is 17.3 Å². The second kappa shape index (κ2) is 14.6. The molecule has 1 atom stereocenters. The molecule has 2 amide bonds. The van der Waals surface area contributed by atoms with Gasteiger partial charge in [0.25, 0.3) is 10.0 Å². The van der Waals surface area contributed by atoms with Crippen LogP contribution in [0.15, 0.2) is 87.1 Å². The Morgan fingerprint density at radius 2 is 1.60 bits per heavy atom. The number of nitrogens with one attached hydrogen (secondary N) is 1. The number of benzene rings is 3. The van der Waals surface area contributed by atoms with E-state index in [4.69, 9.17) is 4.74 Å². The van der Waals surface area contributed by atoms with Crippen LogP contribution in [0.25, 0.3) is 0 Å². The highest BCUT2D eigenvalue weighted by Gasteiger charge is 2.32. The molecule has 3 aromatic rings. The molecule has 11 heteroatoms. The molecule has 40 heavy (non-hydrogen) atoms. The normalized spacial score (nSPS) is 11.9. The number of rotatable bonds is 13. The smallest absolute Gasteiger partial charge is 0.264 e. The van der Waals surface area contributed by atoms with Gasteiger partial charge >= 0.3 is 0 Å². The summed E-state index contributed by atoms with van der Waals surface area (Å²) in [4.78, 5) is 29.1. The van der Waals surface area contributed by atoms with Crippen LogP contribution in [-0.2, 0) is 26.2 Å². The van der Waals surface area contributed by atoms with Gasteiger partial charge in [-0.3, -0.25) is 13.9 Å². The molecule has 8 nitrogen and oxygen atoms in total. The Balaban J connectivity index is 2.02. The molecule has 214 valence electrons. The number of amides is 2. The Hall–Kier alpha value is -3.02. The summed E-state index contributed by atoms with van der Waals surface area (Å²) < 4.78 is 35.4. The fourth-order valence-corrected chi connectivity index (χ4v) is 6.06. The molecule has 0 heterocycles. The van der Waals surface area contributed by atoms with Gasteiger partial charge in [-0.05, 0) is 93.3 Å². The van der Waals surface area contributed by atoms with Crippen molar-refractivity contribution in [2.45, 2.75) is 43.1 Å². The van der Waals surface area contributed by atoms with Crippen LogP contribution in [0.5, 0.6) is 5.75 Å². The second-order valence-corrected chi connectivity index (χ2v) is 12.5. The molecular formula is C29H34BrN3O5S2. The van der Waals surface area contributed by atoms with Gasteiger partial charge in [-0.15, -0.1) is 11.8 Å². The van der Waals surface area contributed by atoms with Crippen LogP contribution in [0.2, 0.25) is 0 Å². The molecule has 0 aliphatic carbocycles. The number of halogens is 1. The van der Waals surface area contributed by atoms with E-state index >= 15 is 0 Å². The molecule has 0 saturated carbocycles. The fourth-order valence-electron chi connectivity index (χ4n) is 3.97. The first-order chi connectivity index (χ1) is 19.1. The predicted molar refractivity (Wildman–Crippen MR) is 163 cm³/mol. The number of ether oxygens (including phenoxy) is 1. The Labute approximate surface area is 249 Å². The number of thioether (sulfide) groups is 1. The third-order valence-corrected chi connectivity index (χ3v) is 9.21. The van der Waals surface area contributed by atoms with Crippen molar-refractivity contribution in [2.75, 3.05) is 30.3 Å². The van der Waals surface area contributed by atoms with Crippen molar-refractivity contribution in [3.05, 3.63) is 82.8 Å². The average Bonchev–Trinajstić information content (AvgIpc) is 2.96. The van der Waals surface area contributed by atoms with Crippen LogP contribution in [0, 0.1) is 0 Å². The Bertz CT molecular complexity index is 1380. The van der Waals surface area contributed by atoms with E-state index < -0.39 is 28.5 Å². The summed E-state index contributed by atoms with van der Waals surface area (Å²) in [7, 11) is -4.14. The lowest BCUT2D eigenvalue weighted by Crippen LogP contribution is -2.51. The van der Waals surface area contributed by atoms with E-state index in [1.807, 2.05) is 37.4 Å². The van der Waals surface area contributed by atoms with Crippen molar-refractivity contribution >= 4 is 55.2 Å². The van der Waals surface area contributed by atoms with Gasteiger partial charge in [0.15, 0.2) is 0 Å². The van der Waals surface area contributed by atoms with Crippen LogP contribution < -0.4 is 14.4 Å². The van der Waals surface area contributed by atoms with E-state index in [1.165, 1.54) is 28.8 Å². The lowest BCUT2D eigenvalue weighted by atomic mass is 10.1. The number of carbonyl (C=O) groups is 2. The van der Waals surface area contributed by atoms with Crippen molar-refractivity contribution in [1.29, 1.82) is 0 Å². The summed E-state index contributed by atoms with van der Waals surface area (Å²) in [5.74, 6) is -0.253. The predicted octanol–water partition coefficient (Wildman–Crippen LogP) is 5.32. The van der Waals surface area contributed by atoms with E-state index in [0.717, 1.165) is 19.2 Å². The minimum absolute atomic E-state index is 0.0585. The zero-order valence-electron chi connectivity index (χ0n) is 23.0. The topological polar surface area (TPSA) is 96.0 Å². The molecule has 0 aliphatic heterocycles. The van der Waals surface area contributed by atoms with Crippen molar-refractivity contribution in [3.63, 3.8) is 0 Å². The minimum atomic E-state index is -4.14. The number of nitrogens with zero attached hydrogens (tertiary/aromatic N) is 2. The number of likely N-dealkylation sites (N-methyl/N-ethyl adjacent to an activating group) is 1. The summed E-state index contributed by atoms with van der Waals surface area (Å²) in [6, 6.07) is 19.6. The number of anilines is 1. The molecule has 1 N–H and O–H groups in total. The van der Waals surface area contributed by atoms with Gasteiger partial charge in [-0.25, -0.2) is 8.42 Å². The zero-order valence-corrected chi connectivity index (χ0v) is 26.2. The van der Waals surface area contributed by atoms with Gasteiger partial charge in [0.05, 0.1) is 17.2 Å². The molecule has 3 aromatic carbocycles. The van der Waals surface area contributed by atoms with Gasteiger partial charge in [-0.2, -0.15) is 0 Å². The van der Waals surface area contributed by atoms with Gasteiger partial charge in [0.2, 0.25) is 11.8 Å². The third-order valence-electron chi connectivity index (χ3n) is 6.15. The van der Waals surface area contributed by atoms with Crippen LogP contribution in [0.4, 0.5) is 5.69 Å². The summed E-state index contributed by atoms with van der Waals surface area (Å²) >= 11 is 4.91. The lowest BCUT2D eigenvalue weighted by molar-refractivity contribution is -0.139. The Morgan fingerprint density at radius 3 is 2.15 bits per heavy atom. The van der Waals surface area contributed by atoms with Crippen LogP contribution in [0.1, 0.15) is 26.3 Å². The van der Waals surface area contributed by atoms with Gasteiger partial charge in [0, 0.05) is 22.5 Å². The lowest BCUT2D eigenvalue weighted by Gasteiger charge is -2.32. The molecule has 1 unspecified atom stereocenters. The minimum Gasteiger partial charge on any atom is -0.494 e. The monoisotopic (exact) mass is 647 g/mol. The highest BCUT2D eigenvalue weighted by atomic mass is 79.9. The van der Waals surface area contributed by atoms with E-state index in [0.29, 0.717) is 24.6 Å². The highest BCUT2D eigenvalue weighted by Crippen LogP contribution is 2.28. The maximum absolute atomic E-state index is 13.9. The maximum Gasteiger partial charge on any atom is 0.264 e. The van der Waals surface area contributed by atoms with Crippen molar-refractivity contribution < 1.29 is 22.7 Å². The second-order valence-electron chi connectivity index (χ2n) is 8.83. The Kier molecular flexibility index (Phi) is 11.5. The van der Waals surface area contributed by atoms with Crippen molar-refractivity contribution in [2.24, 2.45) is 0 Å². The first-order valence-corrected chi connectivity index (χ1v) is 16.3. The molecule has 3 rings (SSSR count). The quantitative estimate of drug-likeness (QED) is 0.252. The van der Waals surface area contributed by atoms with Crippen molar-refractivity contribution in [3.8, 4) is 5.75 Å². The zero-order chi connectivity index (χ0) is 29.3. The number of hydrogen-bond donors (Lipinski definition) is 1. The van der Waals surface area contributed by atoms with Crippen LogP contribution in [0.3, 0.4) is 0 Å². The fraction of sp³-hybridized carbons (Fsp3) is 0.310. The molecule has 0 saturated heterocycles. The molecule has 0 aromatic heterocycles. The van der Waals surface area contributed by atoms with E-state index in [9.17, 15) is 18.0 Å². The first-order valence-electron chi connectivity index (χ1n) is 12.8. The maximum atomic E-state index is 13.9. The number of hydrogen-bond acceptors (Lipinski definition) is 6. The van der Waals surface area contributed by atoms with Gasteiger partial charge in [-0.1, -0.05) is 28.1 Å². The van der Waals surface area contributed by atoms with Gasteiger partial charge in [0.1, 0.15) is 18.3 Å². The number of carbonyl (C=O) groups excluding carboxylic acids is 2. The summed E-state index contributed by atoms with van der Waals surface area (Å²) in [6.07, 6.45) is 1.91. The van der Waals surface area contributed by atoms with Crippen molar-refractivity contribution in [1.82, 2.24) is 10.2 Å². The molecule has 0 spiro atoms. The first kappa shape index (κ1) is 31.5. The largest absolute Gasteiger partial charge is 0.494 e. The average molecular weight is 649 g/mol. The SMILES string of the molecule is CCNC(=O)C(C)N(Cc1ccc(Br)cc1)C(=O)CN(c1ccc(OCC)cc1)S(=O)(=O)c1ccc(SC)cc1. The molecule has 0 radical (unpaired) electrons. The Morgan fingerprint density at radius 1 is 0.975 bits per heavy atom. The number of sulfonamides is 1. The van der Waals surface area contributed by atoms with Crippen LogP contribution >= 0.6 is 27.7 Å². The summed E-state index contributed by atoms with van der Waals surface area (Å²) in [5, 5.41) is 2.76. The standard InChI is InChI=1S/C29H34BrN3O5S2/c1-5-31-29(35)21(3)32(19-22-7-9-23(30)10-8-22)28(34)20-33(24-11-13-25(14-12-24)38-6-2)40(36,37)27-17-15-26(39-4)16-18-27/h7-18,21H,5-6,19-20H2,1-4H3,(H,31,35). The summed E-state index contributed by atoms with van der Waals surface area (Å²) in [5.41, 5.74) is 1.11. The molecular weight excluding hydrogens is 614 g/mol.